The molecule has 6 nitrogen and oxygen atoms in total. The molecule has 1 aliphatic carbocycles. The highest BCUT2D eigenvalue weighted by Gasteiger charge is 2.46. The summed E-state index contributed by atoms with van der Waals surface area (Å²) in [6.07, 6.45) is 3.42. The molecule has 6 heteroatoms. The molecule has 0 aromatic heterocycles. The predicted molar refractivity (Wildman–Crippen MR) is 63.2 cm³/mol. The largest absolute Gasteiger partial charge is 0.481 e. The average Bonchev–Trinajstić information content (AvgIpc) is 2.29. The monoisotopic (exact) mass is 258 g/mol. The molecule has 0 aromatic rings. The number of carboxylic acid groups (broad SMARTS) is 3. The molecule has 0 heterocycles. The molecule has 0 spiro atoms. The van der Waals surface area contributed by atoms with Crippen LogP contribution in [0.4, 0.5) is 0 Å². The van der Waals surface area contributed by atoms with Crippen LogP contribution >= 0.6 is 0 Å². The fourth-order valence-electron chi connectivity index (χ4n) is 1.99. The van der Waals surface area contributed by atoms with Crippen molar-refractivity contribution in [2.24, 2.45) is 11.3 Å². The van der Waals surface area contributed by atoms with Gasteiger partial charge < -0.3 is 15.3 Å². The van der Waals surface area contributed by atoms with Crippen molar-refractivity contribution in [3.8, 4) is 0 Å². The van der Waals surface area contributed by atoms with E-state index in [-0.39, 0.29) is 0 Å². The van der Waals surface area contributed by atoms with Gasteiger partial charge in [-0.05, 0) is 19.8 Å². The minimum absolute atomic E-state index is 0.472. The summed E-state index contributed by atoms with van der Waals surface area (Å²) in [6.45, 7) is 4.50. The van der Waals surface area contributed by atoms with Gasteiger partial charge in [-0.1, -0.05) is 19.4 Å². The van der Waals surface area contributed by atoms with Crippen LogP contribution in [0.1, 0.15) is 32.6 Å². The summed E-state index contributed by atoms with van der Waals surface area (Å²) in [6, 6.07) is 0. The van der Waals surface area contributed by atoms with Crippen molar-refractivity contribution in [1.29, 1.82) is 0 Å². The van der Waals surface area contributed by atoms with E-state index < -0.39 is 29.2 Å². The third-order valence-corrected chi connectivity index (χ3v) is 3.17. The Morgan fingerprint density at radius 1 is 1.22 bits per heavy atom. The van der Waals surface area contributed by atoms with Gasteiger partial charge in [0.2, 0.25) is 0 Å². The van der Waals surface area contributed by atoms with E-state index in [1.165, 1.54) is 6.92 Å². The second kappa shape index (κ2) is 6.78. The number of aliphatic carboxylic acids is 3. The fraction of sp³-hybridized carbons (Fsp3) is 0.583. The molecular weight excluding hydrogens is 240 g/mol. The summed E-state index contributed by atoms with van der Waals surface area (Å²) in [7, 11) is 0. The van der Waals surface area contributed by atoms with Gasteiger partial charge in [0, 0.05) is 6.08 Å². The first-order chi connectivity index (χ1) is 8.25. The highest BCUT2D eigenvalue weighted by molar-refractivity contribution is 5.83. The lowest BCUT2D eigenvalue weighted by molar-refractivity contribution is -0.164. The maximum Gasteiger partial charge on any atom is 0.327 e. The zero-order valence-corrected chi connectivity index (χ0v) is 10.3. The third-order valence-electron chi connectivity index (χ3n) is 3.17. The lowest BCUT2D eigenvalue weighted by Gasteiger charge is -2.34. The van der Waals surface area contributed by atoms with Crippen molar-refractivity contribution < 1.29 is 29.7 Å². The second-order valence-electron chi connectivity index (χ2n) is 4.40. The van der Waals surface area contributed by atoms with E-state index in [1.54, 1.807) is 0 Å². The van der Waals surface area contributed by atoms with Gasteiger partial charge in [-0.25, -0.2) is 4.79 Å². The van der Waals surface area contributed by atoms with Gasteiger partial charge in [-0.2, -0.15) is 0 Å². The highest BCUT2D eigenvalue weighted by atomic mass is 16.4. The SMILES string of the molecule is C=CC(=O)O.CC1(C(=O)O)CCCCC1C(=O)O. The summed E-state index contributed by atoms with van der Waals surface area (Å²) in [5.41, 5.74) is -1.07. The fourth-order valence-corrected chi connectivity index (χ4v) is 1.99. The Bertz CT molecular complexity index is 348. The van der Waals surface area contributed by atoms with Crippen LogP contribution in [0, 0.1) is 11.3 Å². The van der Waals surface area contributed by atoms with Gasteiger partial charge in [0.15, 0.2) is 0 Å². The summed E-state index contributed by atoms with van der Waals surface area (Å²) in [4.78, 5) is 31.0. The Morgan fingerprint density at radius 2 is 1.72 bits per heavy atom. The van der Waals surface area contributed by atoms with Crippen LogP contribution in [0.15, 0.2) is 12.7 Å². The minimum atomic E-state index is -1.07. The zero-order chi connectivity index (χ0) is 14.3. The average molecular weight is 258 g/mol. The maximum atomic E-state index is 10.9. The molecule has 0 amide bonds. The van der Waals surface area contributed by atoms with Crippen LogP contribution in [0.5, 0.6) is 0 Å². The molecule has 1 aliphatic rings. The molecule has 2 unspecified atom stereocenters. The van der Waals surface area contributed by atoms with Gasteiger partial charge in [-0.15, -0.1) is 0 Å². The zero-order valence-electron chi connectivity index (χ0n) is 10.3. The molecule has 0 radical (unpaired) electrons. The van der Waals surface area contributed by atoms with E-state index in [0.29, 0.717) is 12.8 Å². The first-order valence-electron chi connectivity index (χ1n) is 5.57. The van der Waals surface area contributed by atoms with Crippen molar-refractivity contribution >= 4 is 17.9 Å². The van der Waals surface area contributed by atoms with Gasteiger partial charge in [-0.3, -0.25) is 9.59 Å². The minimum Gasteiger partial charge on any atom is -0.481 e. The van der Waals surface area contributed by atoms with Crippen LogP contribution in [-0.2, 0) is 14.4 Å². The number of rotatable bonds is 3. The smallest absolute Gasteiger partial charge is 0.327 e. The first-order valence-corrected chi connectivity index (χ1v) is 5.57. The van der Waals surface area contributed by atoms with E-state index in [9.17, 15) is 14.4 Å². The van der Waals surface area contributed by atoms with Crippen molar-refractivity contribution in [1.82, 2.24) is 0 Å². The molecule has 1 rings (SSSR count). The Morgan fingerprint density at radius 3 is 2.00 bits per heavy atom. The normalized spacial score (nSPS) is 26.4. The van der Waals surface area contributed by atoms with Crippen LogP contribution in [0.2, 0.25) is 0 Å². The number of carboxylic acids is 3. The molecule has 0 saturated heterocycles. The lowest BCUT2D eigenvalue weighted by Crippen LogP contribution is -2.42. The van der Waals surface area contributed by atoms with Gasteiger partial charge in [0.25, 0.3) is 0 Å². The molecule has 102 valence electrons. The van der Waals surface area contributed by atoms with Crippen molar-refractivity contribution in [3.05, 3.63) is 12.7 Å². The van der Waals surface area contributed by atoms with E-state index in [0.717, 1.165) is 18.9 Å². The standard InChI is InChI=1S/C9H14O4.C3H4O2/c1-9(8(12)13)5-3-2-4-6(9)7(10)11;1-2-3(4)5/h6H,2-5H2,1H3,(H,10,11)(H,12,13);2H,1H2,(H,4,5). The molecule has 2 atom stereocenters. The highest BCUT2D eigenvalue weighted by Crippen LogP contribution is 2.41. The van der Waals surface area contributed by atoms with E-state index in [1.807, 2.05) is 0 Å². The molecule has 1 saturated carbocycles. The summed E-state index contributed by atoms with van der Waals surface area (Å²) in [5.74, 6) is -3.67. The maximum absolute atomic E-state index is 10.9. The molecule has 1 fully saturated rings. The first kappa shape index (κ1) is 16.1. The Balaban J connectivity index is 0.000000494. The number of hydrogen-bond acceptors (Lipinski definition) is 3. The molecule has 0 aromatic carbocycles. The number of carbonyl (C=O) groups is 3. The number of hydrogen-bond donors (Lipinski definition) is 3. The molecule has 3 N–H and O–H groups in total. The Hall–Kier alpha value is -1.85. The van der Waals surface area contributed by atoms with Crippen molar-refractivity contribution in [2.45, 2.75) is 32.6 Å². The molecular formula is C12H18O6. The van der Waals surface area contributed by atoms with Crippen molar-refractivity contribution in [2.75, 3.05) is 0 Å². The summed E-state index contributed by atoms with van der Waals surface area (Å²) >= 11 is 0. The third kappa shape index (κ3) is 4.20. The summed E-state index contributed by atoms with van der Waals surface area (Å²) < 4.78 is 0. The Kier molecular flexibility index (Phi) is 6.08. The second-order valence-corrected chi connectivity index (χ2v) is 4.40. The van der Waals surface area contributed by atoms with Crippen LogP contribution in [0.3, 0.4) is 0 Å². The quantitative estimate of drug-likeness (QED) is 0.663. The van der Waals surface area contributed by atoms with Crippen LogP contribution in [0.25, 0.3) is 0 Å². The van der Waals surface area contributed by atoms with Gasteiger partial charge in [0.1, 0.15) is 0 Å². The van der Waals surface area contributed by atoms with Gasteiger partial charge in [0.05, 0.1) is 11.3 Å². The lowest BCUT2D eigenvalue weighted by atomic mass is 9.67. The van der Waals surface area contributed by atoms with Crippen LogP contribution in [-0.4, -0.2) is 33.2 Å². The molecule has 0 aliphatic heterocycles. The Labute approximate surface area is 105 Å². The topological polar surface area (TPSA) is 112 Å². The van der Waals surface area contributed by atoms with Gasteiger partial charge >= 0.3 is 17.9 Å². The van der Waals surface area contributed by atoms with E-state index in [2.05, 4.69) is 6.58 Å². The summed E-state index contributed by atoms with van der Waals surface area (Å²) in [5, 5.41) is 25.4. The van der Waals surface area contributed by atoms with Crippen LogP contribution < -0.4 is 0 Å². The molecule has 18 heavy (non-hydrogen) atoms. The van der Waals surface area contributed by atoms with E-state index >= 15 is 0 Å². The van der Waals surface area contributed by atoms with E-state index in [4.69, 9.17) is 15.3 Å². The predicted octanol–water partition coefficient (Wildman–Crippen LogP) is 1.61. The molecule has 0 bridgehead atoms. The van der Waals surface area contributed by atoms with Crippen molar-refractivity contribution in [3.63, 3.8) is 0 Å².